The van der Waals surface area contributed by atoms with Crippen molar-refractivity contribution >= 4 is 0 Å². The minimum atomic E-state index is 0.211. The summed E-state index contributed by atoms with van der Waals surface area (Å²) in [5.74, 6) is 1.40. The lowest BCUT2D eigenvalue weighted by molar-refractivity contribution is 0.386. The summed E-state index contributed by atoms with van der Waals surface area (Å²) in [7, 11) is 0. The summed E-state index contributed by atoms with van der Waals surface area (Å²) in [5, 5.41) is 3.92. The Morgan fingerprint density at radius 1 is 1.56 bits per heavy atom. The Balaban J connectivity index is 1.73. The van der Waals surface area contributed by atoms with Gasteiger partial charge in [-0.2, -0.15) is 4.98 Å². The number of nitrogens with zero attached hydrogens (tertiary/aromatic N) is 3. The van der Waals surface area contributed by atoms with Gasteiger partial charge in [-0.1, -0.05) is 5.16 Å². The highest BCUT2D eigenvalue weighted by atomic mass is 16.5. The van der Waals surface area contributed by atoms with Crippen LogP contribution in [-0.2, 0) is 19.4 Å². The Bertz CT molecular complexity index is 543. The number of hydrogen-bond donors (Lipinski definition) is 1. The van der Waals surface area contributed by atoms with Gasteiger partial charge in [0.1, 0.15) is 0 Å². The molecular formula is C13H18N4O. The van der Waals surface area contributed by atoms with E-state index in [9.17, 15) is 0 Å². The Morgan fingerprint density at radius 3 is 3.22 bits per heavy atom. The second-order valence-electron chi connectivity index (χ2n) is 4.89. The monoisotopic (exact) mass is 246 g/mol. The third-order valence-electron chi connectivity index (χ3n) is 3.59. The van der Waals surface area contributed by atoms with E-state index in [1.807, 2.05) is 6.92 Å². The molecule has 18 heavy (non-hydrogen) atoms. The first-order valence-electron chi connectivity index (χ1n) is 6.46. The van der Waals surface area contributed by atoms with Gasteiger partial charge in [-0.15, -0.1) is 0 Å². The summed E-state index contributed by atoms with van der Waals surface area (Å²) in [6.45, 7) is 2.70. The maximum absolute atomic E-state index is 6.12. The van der Waals surface area contributed by atoms with Gasteiger partial charge in [0.15, 0.2) is 5.82 Å². The van der Waals surface area contributed by atoms with Crippen LogP contribution in [0.15, 0.2) is 16.8 Å². The predicted molar refractivity (Wildman–Crippen MR) is 67.0 cm³/mol. The second kappa shape index (κ2) is 4.57. The van der Waals surface area contributed by atoms with Crippen molar-refractivity contribution in [3.05, 3.63) is 35.2 Å². The first-order valence-corrected chi connectivity index (χ1v) is 6.46. The van der Waals surface area contributed by atoms with Gasteiger partial charge in [0.05, 0.1) is 0 Å². The van der Waals surface area contributed by atoms with Gasteiger partial charge in [-0.3, -0.25) is 0 Å². The molecule has 2 aromatic heterocycles. The molecule has 0 spiro atoms. The first-order chi connectivity index (χ1) is 8.74. The fraction of sp³-hybridized carbons (Fsp3) is 0.538. The van der Waals surface area contributed by atoms with E-state index in [0.29, 0.717) is 5.89 Å². The second-order valence-corrected chi connectivity index (χ2v) is 4.89. The fourth-order valence-electron chi connectivity index (χ4n) is 2.67. The van der Waals surface area contributed by atoms with E-state index in [1.165, 1.54) is 17.7 Å². The van der Waals surface area contributed by atoms with E-state index in [4.69, 9.17) is 10.3 Å². The number of aryl methyl sites for hydroxylation is 3. The van der Waals surface area contributed by atoms with Gasteiger partial charge in [0, 0.05) is 37.8 Å². The molecule has 96 valence electrons. The Labute approximate surface area is 106 Å². The van der Waals surface area contributed by atoms with E-state index in [-0.39, 0.29) is 6.04 Å². The van der Waals surface area contributed by atoms with Gasteiger partial charge in [-0.05, 0) is 30.9 Å². The topological polar surface area (TPSA) is 69.9 Å². The SMILES string of the molecule is Cc1nc(CCn2ccc3c2CCCC3N)no1. The summed E-state index contributed by atoms with van der Waals surface area (Å²) in [6, 6.07) is 2.36. The Morgan fingerprint density at radius 2 is 2.44 bits per heavy atom. The van der Waals surface area contributed by atoms with Crippen molar-refractivity contribution in [3.63, 3.8) is 0 Å². The van der Waals surface area contributed by atoms with E-state index in [0.717, 1.165) is 31.6 Å². The molecule has 0 amide bonds. The minimum Gasteiger partial charge on any atom is -0.351 e. The van der Waals surface area contributed by atoms with Crippen molar-refractivity contribution in [1.82, 2.24) is 14.7 Å². The van der Waals surface area contributed by atoms with Crippen LogP contribution >= 0.6 is 0 Å². The highest BCUT2D eigenvalue weighted by Crippen LogP contribution is 2.28. The van der Waals surface area contributed by atoms with Crippen LogP contribution in [0.3, 0.4) is 0 Å². The smallest absolute Gasteiger partial charge is 0.223 e. The van der Waals surface area contributed by atoms with Crippen LogP contribution in [0.5, 0.6) is 0 Å². The molecule has 1 aliphatic rings. The van der Waals surface area contributed by atoms with Gasteiger partial charge < -0.3 is 14.8 Å². The third-order valence-corrected chi connectivity index (χ3v) is 3.59. The molecule has 0 saturated carbocycles. The fourth-order valence-corrected chi connectivity index (χ4v) is 2.67. The summed E-state index contributed by atoms with van der Waals surface area (Å²) in [4.78, 5) is 4.22. The normalized spacial score (nSPS) is 18.9. The molecule has 2 heterocycles. The largest absolute Gasteiger partial charge is 0.351 e. The summed E-state index contributed by atoms with van der Waals surface area (Å²) in [6.07, 6.45) is 6.33. The lowest BCUT2D eigenvalue weighted by Crippen LogP contribution is -2.18. The lowest BCUT2D eigenvalue weighted by Gasteiger charge is -2.20. The highest BCUT2D eigenvalue weighted by molar-refractivity contribution is 5.28. The molecule has 5 heteroatoms. The van der Waals surface area contributed by atoms with Crippen LogP contribution in [0, 0.1) is 6.92 Å². The van der Waals surface area contributed by atoms with Crippen molar-refractivity contribution in [2.24, 2.45) is 5.73 Å². The lowest BCUT2D eigenvalue weighted by atomic mass is 9.94. The summed E-state index contributed by atoms with van der Waals surface area (Å²) < 4.78 is 7.25. The zero-order valence-corrected chi connectivity index (χ0v) is 10.6. The summed E-state index contributed by atoms with van der Waals surface area (Å²) >= 11 is 0. The Hall–Kier alpha value is -1.62. The van der Waals surface area contributed by atoms with Crippen LogP contribution in [0.25, 0.3) is 0 Å². The average molecular weight is 246 g/mol. The van der Waals surface area contributed by atoms with Crippen LogP contribution in [-0.4, -0.2) is 14.7 Å². The molecule has 0 radical (unpaired) electrons. The number of fused-ring (bicyclic) bond motifs is 1. The van der Waals surface area contributed by atoms with Crippen molar-refractivity contribution in [1.29, 1.82) is 0 Å². The van der Waals surface area contributed by atoms with Crippen molar-refractivity contribution in [3.8, 4) is 0 Å². The van der Waals surface area contributed by atoms with E-state index in [1.54, 1.807) is 0 Å². The molecule has 5 nitrogen and oxygen atoms in total. The molecule has 0 saturated heterocycles. The quantitative estimate of drug-likeness (QED) is 0.895. The van der Waals surface area contributed by atoms with Gasteiger partial charge in [0.25, 0.3) is 0 Å². The number of aromatic nitrogens is 3. The van der Waals surface area contributed by atoms with Gasteiger partial charge >= 0.3 is 0 Å². The minimum absolute atomic E-state index is 0.211. The maximum Gasteiger partial charge on any atom is 0.223 e. The van der Waals surface area contributed by atoms with Gasteiger partial charge in [0.2, 0.25) is 5.89 Å². The maximum atomic E-state index is 6.12. The van der Waals surface area contributed by atoms with Crippen molar-refractivity contribution in [2.45, 2.75) is 45.2 Å². The van der Waals surface area contributed by atoms with Gasteiger partial charge in [-0.25, -0.2) is 0 Å². The standard InChI is InChI=1S/C13H18N4O/c1-9-15-13(16-18-9)6-8-17-7-5-10-11(14)3-2-4-12(10)17/h5,7,11H,2-4,6,8,14H2,1H3. The van der Waals surface area contributed by atoms with E-state index >= 15 is 0 Å². The molecular weight excluding hydrogens is 228 g/mol. The molecule has 1 unspecified atom stereocenters. The third kappa shape index (κ3) is 2.06. The molecule has 1 aliphatic carbocycles. The predicted octanol–water partition coefficient (Wildman–Crippen LogP) is 1.76. The Kier molecular flexibility index (Phi) is 2.91. The van der Waals surface area contributed by atoms with E-state index < -0.39 is 0 Å². The zero-order valence-electron chi connectivity index (χ0n) is 10.6. The number of rotatable bonds is 3. The average Bonchev–Trinajstić information content (AvgIpc) is 2.94. The molecule has 1 atom stereocenters. The summed E-state index contributed by atoms with van der Waals surface area (Å²) in [5.41, 5.74) is 8.81. The van der Waals surface area contributed by atoms with Crippen LogP contribution in [0.4, 0.5) is 0 Å². The number of hydrogen-bond acceptors (Lipinski definition) is 4. The molecule has 3 rings (SSSR count). The van der Waals surface area contributed by atoms with Crippen LogP contribution < -0.4 is 5.73 Å². The van der Waals surface area contributed by atoms with Crippen molar-refractivity contribution in [2.75, 3.05) is 0 Å². The molecule has 0 fully saturated rings. The zero-order chi connectivity index (χ0) is 12.5. The molecule has 0 aromatic carbocycles. The van der Waals surface area contributed by atoms with E-state index in [2.05, 4.69) is 27.0 Å². The first kappa shape index (κ1) is 11.5. The van der Waals surface area contributed by atoms with Crippen molar-refractivity contribution < 1.29 is 4.52 Å². The highest BCUT2D eigenvalue weighted by Gasteiger charge is 2.20. The number of nitrogens with two attached hydrogens (primary N) is 1. The van der Waals surface area contributed by atoms with Crippen LogP contribution in [0.2, 0.25) is 0 Å². The molecule has 2 aromatic rings. The van der Waals surface area contributed by atoms with Crippen LogP contribution in [0.1, 0.15) is 41.9 Å². The molecule has 2 N–H and O–H groups in total. The molecule has 0 bridgehead atoms. The molecule has 0 aliphatic heterocycles.